The lowest BCUT2D eigenvalue weighted by molar-refractivity contribution is 0.0369. The molecular weight excluding hydrogens is 298 g/mol. The quantitative estimate of drug-likeness (QED) is 0.694. The zero-order valence-corrected chi connectivity index (χ0v) is 13.1. The summed E-state index contributed by atoms with van der Waals surface area (Å²) in [6.07, 6.45) is 0. The molecule has 0 amide bonds. The van der Waals surface area contributed by atoms with Crippen LogP contribution in [0.2, 0.25) is 0 Å². The van der Waals surface area contributed by atoms with Crippen molar-refractivity contribution in [1.29, 1.82) is 0 Å². The lowest BCUT2D eigenvalue weighted by Crippen LogP contribution is -2.18. The molecule has 0 fully saturated rings. The van der Waals surface area contributed by atoms with Gasteiger partial charge in [0.15, 0.2) is 0 Å². The molecule has 3 aromatic carbocycles. The monoisotopic (exact) mass is 315 g/mol. The third-order valence-electron chi connectivity index (χ3n) is 3.62. The van der Waals surface area contributed by atoms with Crippen molar-refractivity contribution >= 4 is 11.7 Å². The minimum absolute atomic E-state index is 0.452. The van der Waals surface area contributed by atoms with Gasteiger partial charge in [-0.3, -0.25) is 0 Å². The highest BCUT2D eigenvalue weighted by Crippen LogP contribution is 2.19. The molecule has 1 N–H and O–H groups in total. The average molecular weight is 315 g/mol. The van der Waals surface area contributed by atoms with E-state index in [0.717, 1.165) is 16.7 Å². The summed E-state index contributed by atoms with van der Waals surface area (Å²) in [5, 5.41) is 0. The largest absolute Gasteiger partial charge is 0.362 e. The molecule has 0 aromatic heterocycles. The first kappa shape index (κ1) is 15.6. The molecular formula is C21H17NO2. The number of hydrogen-bond acceptors (Lipinski definition) is 3. The van der Waals surface area contributed by atoms with Crippen LogP contribution in [-0.4, -0.2) is 5.97 Å². The molecule has 0 aliphatic rings. The van der Waals surface area contributed by atoms with E-state index in [1.165, 1.54) is 0 Å². The van der Waals surface area contributed by atoms with Crippen molar-refractivity contribution in [2.75, 3.05) is 0 Å². The zero-order valence-electron chi connectivity index (χ0n) is 13.1. The highest BCUT2D eigenvalue weighted by atomic mass is 16.7. The highest BCUT2D eigenvalue weighted by Gasteiger charge is 2.09. The van der Waals surface area contributed by atoms with Gasteiger partial charge < -0.3 is 4.84 Å². The summed E-state index contributed by atoms with van der Waals surface area (Å²) in [5.41, 5.74) is 6.63. The van der Waals surface area contributed by atoms with Gasteiger partial charge in [0.1, 0.15) is 0 Å². The first-order valence-electron chi connectivity index (χ1n) is 7.61. The molecule has 0 spiro atoms. The molecule has 0 heterocycles. The van der Waals surface area contributed by atoms with E-state index in [-0.39, 0.29) is 0 Å². The van der Waals surface area contributed by atoms with Crippen molar-refractivity contribution < 1.29 is 9.63 Å². The molecule has 0 atom stereocenters. The van der Waals surface area contributed by atoms with Gasteiger partial charge in [-0.05, 0) is 23.3 Å². The van der Waals surface area contributed by atoms with Gasteiger partial charge in [0.25, 0.3) is 0 Å². The van der Waals surface area contributed by atoms with E-state index in [2.05, 4.69) is 12.1 Å². The van der Waals surface area contributed by atoms with Crippen molar-refractivity contribution in [2.45, 2.75) is 0 Å². The lowest BCUT2D eigenvalue weighted by Gasteiger charge is -2.10. The van der Waals surface area contributed by atoms with Crippen molar-refractivity contribution in [3.8, 4) is 11.1 Å². The molecule has 0 unspecified atom stereocenters. The van der Waals surface area contributed by atoms with Crippen LogP contribution in [0, 0.1) is 0 Å². The van der Waals surface area contributed by atoms with Gasteiger partial charge in [-0.25, -0.2) is 10.3 Å². The fourth-order valence-electron chi connectivity index (χ4n) is 2.29. The smallest absolute Gasteiger partial charge is 0.338 e. The van der Waals surface area contributed by atoms with E-state index >= 15 is 0 Å². The maximum absolute atomic E-state index is 12.1. The molecule has 3 nitrogen and oxygen atoms in total. The number of carbonyl (C=O) groups is 1. The number of hydrogen-bond donors (Lipinski definition) is 1. The maximum Gasteiger partial charge on any atom is 0.362 e. The second-order valence-electron chi connectivity index (χ2n) is 5.28. The second kappa shape index (κ2) is 7.29. The molecule has 3 rings (SSSR count). The Morgan fingerprint density at radius 3 is 1.88 bits per heavy atom. The molecule has 118 valence electrons. The number of nitrogens with one attached hydrogen (secondary N) is 1. The first-order valence-corrected chi connectivity index (χ1v) is 7.61. The fourth-order valence-corrected chi connectivity index (χ4v) is 2.29. The summed E-state index contributed by atoms with van der Waals surface area (Å²) in [6.45, 7) is 3.86. The molecule has 0 saturated carbocycles. The van der Waals surface area contributed by atoms with E-state index < -0.39 is 5.97 Å². The minimum atomic E-state index is -0.452. The number of rotatable bonds is 5. The fraction of sp³-hybridized carbons (Fsp3) is 0. The second-order valence-corrected chi connectivity index (χ2v) is 5.28. The highest BCUT2D eigenvalue weighted by molar-refractivity contribution is 5.90. The Labute approximate surface area is 141 Å². The van der Waals surface area contributed by atoms with E-state index in [4.69, 9.17) is 4.84 Å². The van der Waals surface area contributed by atoms with Crippen LogP contribution in [0.25, 0.3) is 16.8 Å². The molecule has 0 radical (unpaired) electrons. The minimum Gasteiger partial charge on any atom is -0.338 e. The Balaban J connectivity index is 1.62. The van der Waals surface area contributed by atoms with Crippen molar-refractivity contribution in [1.82, 2.24) is 5.48 Å². The Morgan fingerprint density at radius 2 is 1.25 bits per heavy atom. The van der Waals surface area contributed by atoms with Crippen LogP contribution >= 0.6 is 0 Å². The molecule has 0 aliphatic carbocycles. The summed E-state index contributed by atoms with van der Waals surface area (Å²) in [7, 11) is 0. The SMILES string of the molecule is C=C(NOC(=O)c1ccc(-c2ccccc2)cc1)c1ccccc1. The van der Waals surface area contributed by atoms with Crippen LogP contribution in [0.5, 0.6) is 0 Å². The van der Waals surface area contributed by atoms with Gasteiger partial charge in [0.05, 0.1) is 11.3 Å². The number of hydroxylamine groups is 1. The van der Waals surface area contributed by atoms with Gasteiger partial charge in [-0.2, -0.15) is 0 Å². The van der Waals surface area contributed by atoms with Crippen LogP contribution < -0.4 is 5.48 Å². The molecule has 0 saturated heterocycles. The maximum atomic E-state index is 12.1. The summed E-state index contributed by atoms with van der Waals surface area (Å²) in [5.74, 6) is -0.452. The van der Waals surface area contributed by atoms with E-state index in [9.17, 15) is 4.79 Å². The molecule has 24 heavy (non-hydrogen) atoms. The first-order chi connectivity index (χ1) is 11.7. The normalized spacial score (nSPS) is 10.0. The Kier molecular flexibility index (Phi) is 4.73. The van der Waals surface area contributed by atoms with Gasteiger partial charge >= 0.3 is 5.97 Å². The molecule has 3 aromatic rings. The van der Waals surface area contributed by atoms with Crippen molar-refractivity contribution in [2.24, 2.45) is 0 Å². The van der Waals surface area contributed by atoms with Crippen LogP contribution in [-0.2, 0) is 4.84 Å². The molecule has 0 bridgehead atoms. The van der Waals surface area contributed by atoms with Gasteiger partial charge in [0.2, 0.25) is 0 Å². The Morgan fingerprint density at radius 1 is 0.708 bits per heavy atom. The van der Waals surface area contributed by atoms with Crippen molar-refractivity contribution in [3.63, 3.8) is 0 Å². The molecule has 3 heteroatoms. The average Bonchev–Trinajstić information content (AvgIpc) is 2.67. The zero-order chi connectivity index (χ0) is 16.8. The van der Waals surface area contributed by atoms with E-state index in [1.54, 1.807) is 12.1 Å². The van der Waals surface area contributed by atoms with Crippen LogP contribution in [0.15, 0.2) is 91.5 Å². The Bertz CT molecular complexity index is 825. The number of carbonyl (C=O) groups excluding carboxylic acids is 1. The van der Waals surface area contributed by atoms with Crippen LogP contribution in [0.4, 0.5) is 0 Å². The van der Waals surface area contributed by atoms with Gasteiger partial charge in [-0.1, -0.05) is 79.4 Å². The summed E-state index contributed by atoms with van der Waals surface area (Å²) >= 11 is 0. The van der Waals surface area contributed by atoms with Crippen LogP contribution in [0.1, 0.15) is 15.9 Å². The van der Waals surface area contributed by atoms with E-state index in [1.807, 2.05) is 72.8 Å². The van der Waals surface area contributed by atoms with Gasteiger partial charge in [0, 0.05) is 5.56 Å². The summed E-state index contributed by atoms with van der Waals surface area (Å²) in [4.78, 5) is 17.2. The van der Waals surface area contributed by atoms with Crippen LogP contribution in [0.3, 0.4) is 0 Å². The lowest BCUT2D eigenvalue weighted by atomic mass is 10.0. The van der Waals surface area contributed by atoms with E-state index in [0.29, 0.717) is 11.3 Å². The Hall–Kier alpha value is -3.33. The predicted molar refractivity (Wildman–Crippen MR) is 95.9 cm³/mol. The third-order valence-corrected chi connectivity index (χ3v) is 3.62. The van der Waals surface area contributed by atoms with Crippen molar-refractivity contribution in [3.05, 3.63) is 103 Å². The number of benzene rings is 3. The van der Waals surface area contributed by atoms with Gasteiger partial charge in [-0.15, -0.1) is 0 Å². The topological polar surface area (TPSA) is 38.3 Å². The molecule has 0 aliphatic heterocycles. The standard InChI is InChI=1S/C21H17NO2/c1-16(17-8-4-2-5-9-17)22-24-21(23)20-14-12-19(13-15-20)18-10-6-3-7-11-18/h2-15,22H,1H2. The summed E-state index contributed by atoms with van der Waals surface area (Å²) < 4.78 is 0. The third kappa shape index (κ3) is 3.70. The summed E-state index contributed by atoms with van der Waals surface area (Å²) in [6, 6.07) is 26.8. The predicted octanol–water partition coefficient (Wildman–Crippen LogP) is 4.69.